The molecule has 0 saturated heterocycles. The van der Waals surface area contributed by atoms with Gasteiger partial charge in [-0.25, -0.2) is 0 Å². The second-order valence-electron chi connectivity index (χ2n) is 3.50. The van der Waals surface area contributed by atoms with Crippen LogP contribution in [0.25, 0.3) is 0 Å². The lowest BCUT2D eigenvalue weighted by Gasteiger charge is -2.25. The van der Waals surface area contributed by atoms with E-state index < -0.39 is 0 Å². The van der Waals surface area contributed by atoms with Crippen LogP contribution in [0.15, 0.2) is 12.7 Å². The van der Waals surface area contributed by atoms with Gasteiger partial charge in [0, 0.05) is 0 Å². The molecule has 0 aliphatic heterocycles. The van der Waals surface area contributed by atoms with E-state index in [-0.39, 0.29) is 0 Å². The van der Waals surface area contributed by atoms with Crippen molar-refractivity contribution in [1.29, 1.82) is 0 Å². The zero-order valence-electron chi connectivity index (χ0n) is 6.65. The molecule has 1 unspecified atom stereocenters. The lowest BCUT2D eigenvalue weighted by atomic mass is 9.90. The van der Waals surface area contributed by atoms with Gasteiger partial charge in [-0.1, -0.05) is 26.8 Å². The maximum atomic E-state index is 3.70. The van der Waals surface area contributed by atoms with Crippen molar-refractivity contribution >= 4 is 9.24 Å². The van der Waals surface area contributed by atoms with E-state index in [1.54, 1.807) is 0 Å². The molecule has 0 nitrogen and oxygen atoms in total. The first-order chi connectivity index (χ1) is 3.98. The fourth-order valence-corrected chi connectivity index (χ4v) is 0.726. The third kappa shape index (κ3) is 3.70. The Morgan fingerprint density at radius 1 is 1.56 bits per heavy atom. The number of hydrogen-bond acceptors (Lipinski definition) is 0. The predicted octanol–water partition coefficient (Wildman–Crippen LogP) is 2.85. The molecule has 1 heteroatoms. The zero-order chi connectivity index (χ0) is 7.49. The predicted molar refractivity (Wildman–Crippen MR) is 47.8 cm³/mol. The van der Waals surface area contributed by atoms with Crippen LogP contribution < -0.4 is 0 Å². The monoisotopic (exact) mass is 144 g/mol. The van der Waals surface area contributed by atoms with E-state index in [9.17, 15) is 0 Å². The second kappa shape index (κ2) is 3.37. The van der Waals surface area contributed by atoms with Gasteiger partial charge in [0.2, 0.25) is 0 Å². The van der Waals surface area contributed by atoms with Crippen LogP contribution in [0.5, 0.6) is 0 Å². The number of rotatable bonds is 2. The first-order valence-electron chi connectivity index (χ1n) is 3.35. The van der Waals surface area contributed by atoms with Crippen LogP contribution in [0.3, 0.4) is 0 Å². The molecule has 0 radical (unpaired) electrons. The van der Waals surface area contributed by atoms with Gasteiger partial charge >= 0.3 is 0 Å². The van der Waals surface area contributed by atoms with Crippen LogP contribution in [0.1, 0.15) is 27.2 Å². The zero-order valence-corrected chi connectivity index (χ0v) is 7.80. The molecule has 0 saturated carbocycles. The Kier molecular flexibility index (Phi) is 3.43. The Morgan fingerprint density at radius 3 is 2.11 bits per heavy atom. The third-order valence-corrected chi connectivity index (χ3v) is 2.81. The van der Waals surface area contributed by atoms with Crippen LogP contribution in [0.4, 0.5) is 0 Å². The minimum absolute atomic E-state index is 0.402. The SMILES string of the molecule is C=CC[C@H](P)C(C)(C)C. The van der Waals surface area contributed by atoms with Crippen molar-refractivity contribution in [1.82, 2.24) is 0 Å². The molecule has 2 atom stereocenters. The molecule has 0 aliphatic carbocycles. The highest BCUT2D eigenvalue weighted by Gasteiger charge is 2.17. The first-order valence-corrected chi connectivity index (χ1v) is 4.01. The van der Waals surface area contributed by atoms with Crippen LogP contribution >= 0.6 is 9.24 Å². The fraction of sp³-hybridized carbons (Fsp3) is 0.750. The molecule has 9 heavy (non-hydrogen) atoms. The molecule has 0 aromatic rings. The molecular formula is C8H17P. The standard InChI is InChI=1S/C8H17P/c1-5-6-7(9)8(2,3)4/h5,7H,1,6,9H2,2-4H3/t7-/m0/s1. The first kappa shape index (κ1) is 9.17. The van der Waals surface area contributed by atoms with Gasteiger partial charge in [-0.2, -0.15) is 0 Å². The van der Waals surface area contributed by atoms with Crippen LogP contribution in [0.2, 0.25) is 0 Å². The summed E-state index contributed by atoms with van der Waals surface area (Å²) in [6, 6.07) is 0. The quantitative estimate of drug-likeness (QED) is 0.413. The minimum atomic E-state index is 0.402. The van der Waals surface area contributed by atoms with Crippen molar-refractivity contribution in [2.24, 2.45) is 5.41 Å². The average Bonchev–Trinajstić information content (AvgIpc) is 1.64. The van der Waals surface area contributed by atoms with E-state index in [4.69, 9.17) is 0 Å². The summed E-state index contributed by atoms with van der Waals surface area (Å²) in [7, 11) is 2.85. The maximum Gasteiger partial charge on any atom is -0.0181 e. The molecular weight excluding hydrogens is 127 g/mol. The van der Waals surface area contributed by atoms with E-state index in [0.29, 0.717) is 11.1 Å². The second-order valence-corrected chi connectivity index (χ2v) is 4.30. The van der Waals surface area contributed by atoms with Gasteiger partial charge < -0.3 is 0 Å². The van der Waals surface area contributed by atoms with E-state index in [2.05, 4.69) is 36.6 Å². The smallest absolute Gasteiger partial charge is 0.0181 e. The maximum absolute atomic E-state index is 3.70. The highest BCUT2D eigenvalue weighted by Crippen LogP contribution is 2.28. The Morgan fingerprint density at radius 2 is 2.00 bits per heavy atom. The average molecular weight is 144 g/mol. The largest absolute Gasteiger partial charge is 0.134 e. The molecule has 0 aliphatic rings. The van der Waals surface area contributed by atoms with Crippen LogP contribution in [0, 0.1) is 5.41 Å². The normalized spacial score (nSPS) is 15.1. The Hall–Kier alpha value is 0.170. The molecule has 0 bridgehead atoms. The van der Waals surface area contributed by atoms with E-state index in [1.807, 2.05) is 6.08 Å². The summed E-state index contributed by atoms with van der Waals surface area (Å²) < 4.78 is 0. The van der Waals surface area contributed by atoms with E-state index in [0.717, 1.165) is 6.42 Å². The van der Waals surface area contributed by atoms with Crippen molar-refractivity contribution < 1.29 is 0 Å². The summed E-state index contributed by atoms with van der Waals surface area (Å²) in [6.45, 7) is 10.4. The van der Waals surface area contributed by atoms with Crippen molar-refractivity contribution in [3.05, 3.63) is 12.7 Å². The highest BCUT2D eigenvalue weighted by molar-refractivity contribution is 7.17. The Balaban J connectivity index is 3.72. The molecule has 0 amide bonds. The summed E-state index contributed by atoms with van der Waals surface area (Å²) in [5.41, 5.74) is 1.06. The fourth-order valence-electron chi connectivity index (χ4n) is 0.533. The van der Waals surface area contributed by atoms with Crippen LogP contribution in [-0.2, 0) is 0 Å². The molecule has 0 N–H and O–H groups in total. The molecule has 54 valence electrons. The van der Waals surface area contributed by atoms with Crippen LogP contribution in [-0.4, -0.2) is 5.66 Å². The summed E-state index contributed by atoms with van der Waals surface area (Å²) in [6.07, 6.45) is 3.07. The van der Waals surface area contributed by atoms with Gasteiger partial charge in [0.15, 0.2) is 0 Å². The third-order valence-electron chi connectivity index (χ3n) is 1.53. The van der Waals surface area contributed by atoms with Gasteiger partial charge in [0.05, 0.1) is 0 Å². The molecule has 0 aromatic carbocycles. The van der Waals surface area contributed by atoms with Crippen molar-refractivity contribution in [3.63, 3.8) is 0 Å². The number of hydrogen-bond donors (Lipinski definition) is 0. The summed E-state index contributed by atoms with van der Waals surface area (Å²) in [5, 5.41) is 0. The van der Waals surface area contributed by atoms with Crippen molar-refractivity contribution in [2.75, 3.05) is 0 Å². The van der Waals surface area contributed by atoms with E-state index in [1.165, 1.54) is 0 Å². The van der Waals surface area contributed by atoms with Gasteiger partial charge in [0.1, 0.15) is 0 Å². The van der Waals surface area contributed by atoms with E-state index >= 15 is 0 Å². The van der Waals surface area contributed by atoms with Gasteiger partial charge in [-0.15, -0.1) is 15.8 Å². The van der Waals surface area contributed by atoms with Gasteiger partial charge in [-0.05, 0) is 17.5 Å². The highest BCUT2D eigenvalue weighted by atomic mass is 31.0. The van der Waals surface area contributed by atoms with Crippen molar-refractivity contribution in [2.45, 2.75) is 32.9 Å². The summed E-state index contributed by atoms with van der Waals surface area (Å²) in [5.74, 6) is 0. The minimum Gasteiger partial charge on any atom is -0.134 e. The Labute approximate surface area is 60.9 Å². The van der Waals surface area contributed by atoms with Gasteiger partial charge in [-0.3, -0.25) is 0 Å². The summed E-state index contributed by atoms with van der Waals surface area (Å²) in [4.78, 5) is 0. The van der Waals surface area contributed by atoms with Gasteiger partial charge in [0.25, 0.3) is 0 Å². The molecule has 0 rings (SSSR count). The topological polar surface area (TPSA) is 0 Å². The van der Waals surface area contributed by atoms with Crippen molar-refractivity contribution in [3.8, 4) is 0 Å². The number of allylic oxidation sites excluding steroid dienone is 1. The molecule has 0 aromatic heterocycles. The summed E-state index contributed by atoms with van der Waals surface area (Å²) >= 11 is 0. The molecule has 0 fully saturated rings. The Bertz CT molecular complexity index is 89.2. The molecule has 0 heterocycles. The lowest BCUT2D eigenvalue weighted by molar-refractivity contribution is 0.395. The molecule has 0 spiro atoms. The lowest BCUT2D eigenvalue weighted by Crippen LogP contribution is -2.18.